The van der Waals surface area contributed by atoms with E-state index in [0.717, 1.165) is 15.6 Å². The van der Waals surface area contributed by atoms with Crippen LogP contribution in [-0.2, 0) is 0 Å². The summed E-state index contributed by atoms with van der Waals surface area (Å²) in [4.78, 5) is 4.67. The molecule has 1 aromatic heterocycles. The van der Waals surface area contributed by atoms with E-state index in [0.29, 0.717) is 0 Å². The summed E-state index contributed by atoms with van der Waals surface area (Å²) in [5.74, 6) is 0. The highest BCUT2D eigenvalue weighted by molar-refractivity contribution is 9.10. The summed E-state index contributed by atoms with van der Waals surface area (Å²) in [6, 6.07) is 27.2. The maximum atomic E-state index is 4.67. The van der Waals surface area contributed by atoms with Crippen LogP contribution in [-0.4, -0.2) is 4.98 Å². The molecule has 0 spiro atoms. The van der Waals surface area contributed by atoms with Crippen LogP contribution in [0.2, 0.25) is 0 Å². The van der Waals surface area contributed by atoms with Gasteiger partial charge in [-0.15, -0.1) is 0 Å². The molecule has 3 aromatic carbocycles. The SMILES string of the molecule is Brc1ccc2c(-c3ccccc3)c(-c3ccccc3)cnc2c1. The minimum Gasteiger partial charge on any atom is -0.256 e. The first-order valence-corrected chi connectivity index (χ1v) is 8.31. The molecule has 0 unspecified atom stereocenters. The maximum absolute atomic E-state index is 4.67. The molecule has 1 heterocycles. The van der Waals surface area contributed by atoms with Crippen molar-refractivity contribution in [3.63, 3.8) is 0 Å². The number of pyridine rings is 1. The number of fused-ring (bicyclic) bond motifs is 1. The van der Waals surface area contributed by atoms with Crippen LogP contribution in [0, 0.1) is 0 Å². The Labute approximate surface area is 143 Å². The summed E-state index contributed by atoms with van der Waals surface area (Å²) in [5.41, 5.74) is 5.78. The molecule has 0 radical (unpaired) electrons. The van der Waals surface area contributed by atoms with Gasteiger partial charge >= 0.3 is 0 Å². The van der Waals surface area contributed by atoms with E-state index in [4.69, 9.17) is 0 Å². The molecule has 23 heavy (non-hydrogen) atoms. The third kappa shape index (κ3) is 2.66. The zero-order valence-corrected chi connectivity index (χ0v) is 14.0. The smallest absolute Gasteiger partial charge is 0.0719 e. The second-order valence-corrected chi connectivity index (χ2v) is 6.36. The normalized spacial score (nSPS) is 10.8. The van der Waals surface area contributed by atoms with Gasteiger partial charge in [0.2, 0.25) is 0 Å². The van der Waals surface area contributed by atoms with E-state index in [9.17, 15) is 0 Å². The van der Waals surface area contributed by atoms with Gasteiger partial charge in [-0.25, -0.2) is 0 Å². The topological polar surface area (TPSA) is 12.9 Å². The van der Waals surface area contributed by atoms with Crippen molar-refractivity contribution in [2.24, 2.45) is 0 Å². The molecular formula is C21H14BrN. The van der Waals surface area contributed by atoms with Gasteiger partial charge in [0.1, 0.15) is 0 Å². The average molecular weight is 360 g/mol. The van der Waals surface area contributed by atoms with E-state index in [-0.39, 0.29) is 0 Å². The lowest BCUT2D eigenvalue weighted by molar-refractivity contribution is 1.40. The van der Waals surface area contributed by atoms with Crippen molar-refractivity contribution in [3.8, 4) is 22.3 Å². The fourth-order valence-corrected chi connectivity index (χ4v) is 3.27. The molecule has 0 aliphatic rings. The van der Waals surface area contributed by atoms with Crippen LogP contribution < -0.4 is 0 Å². The Hall–Kier alpha value is -2.45. The molecule has 0 bridgehead atoms. The van der Waals surface area contributed by atoms with E-state index in [2.05, 4.69) is 87.6 Å². The number of halogens is 1. The maximum Gasteiger partial charge on any atom is 0.0719 e. The zero-order valence-electron chi connectivity index (χ0n) is 12.4. The summed E-state index contributed by atoms with van der Waals surface area (Å²) in [6.45, 7) is 0. The van der Waals surface area contributed by atoms with Gasteiger partial charge in [0.25, 0.3) is 0 Å². The van der Waals surface area contributed by atoms with Gasteiger partial charge in [-0.1, -0.05) is 82.7 Å². The number of hydrogen-bond donors (Lipinski definition) is 0. The van der Waals surface area contributed by atoms with Gasteiger partial charge in [-0.2, -0.15) is 0 Å². The molecule has 4 rings (SSSR count). The minimum absolute atomic E-state index is 0.998. The van der Waals surface area contributed by atoms with Crippen LogP contribution in [0.3, 0.4) is 0 Å². The Morgan fingerprint density at radius 2 is 1.35 bits per heavy atom. The first-order chi connectivity index (χ1) is 11.3. The van der Waals surface area contributed by atoms with Gasteiger partial charge in [-0.05, 0) is 23.3 Å². The molecule has 2 heteroatoms. The minimum atomic E-state index is 0.998. The van der Waals surface area contributed by atoms with Crippen LogP contribution in [0.25, 0.3) is 33.2 Å². The Kier molecular flexibility index (Phi) is 3.68. The lowest BCUT2D eigenvalue weighted by Gasteiger charge is -2.13. The molecule has 0 fully saturated rings. The summed E-state index contributed by atoms with van der Waals surface area (Å²) >= 11 is 3.54. The molecule has 0 N–H and O–H groups in total. The molecule has 110 valence electrons. The third-order valence-corrected chi connectivity index (χ3v) is 4.47. The second kappa shape index (κ2) is 5.98. The van der Waals surface area contributed by atoms with Crippen LogP contribution in [0.1, 0.15) is 0 Å². The van der Waals surface area contributed by atoms with E-state index < -0.39 is 0 Å². The van der Waals surface area contributed by atoms with Gasteiger partial charge in [0.15, 0.2) is 0 Å². The van der Waals surface area contributed by atoms with Gasteiger partial charge in [0.05, 0.1) is 5.52 Å². The van der Waals surface area contributed by atoms with Crippen LogP contribution in [0.15, 0.2) is 89.5 Å². The lowest BCUT2D eigenvalue weighted by Crippen LogP contribution is -1.90. The van der Waals surface area contributed by atoms with E-state index in [1.165, 1.54) is 22.1 Å². The highest BCUT2D eigenvalue weighted by atomic mass is 79.9. The molecule has 4 aromatic rings. The summed E-state index contributed by atoms with van der Waals surface area (Å²) < 4.78 is 1.05. The Morgan fingerprint density at radius 3 is 2.04 bits per heavy atom. The van der Waals surface area contributed by atoms with Crippen LogP contribution in [0.5, 0.6) is 0 Å². The molecule has 0 aliphatic carbocycles. The summed E-state index contributed by atoms with van der Waals surface area (Å²) in [7, 11) is 0. The summed E-state index contributed by atoms with van der Waals surface area (Å²) in [6.07, 6.45) is 1.98. The second-order valence-electron chi connectivity index (χ2n) is 5.44. The highest BCUT2D eigenvalue weighted by Crippen LogP contribution is 2.37. The fraction of sp³-hybridized carbons (Fsp3) is 0. The number of hydrogen-bond acceptors (Lipinski definition) is 1. The number of rotatable bonds is 2. The first kappa shape index (κ1) is 14.2. The lowest BCUT2D eigenvalue weighted by atomic mass is 9.93. The first-order valence-electron chi connectivity index (χ1n) is 7.52. The number of aromatic nitrogens is 1. The van der Waals surface area contributed by atoms with Crippen molar-refractivity contribution in [2.45, 2.75) is 0 Å². The van der Waals surface area contributed by atoms with Crippen molar-refractivity contribution in [3.05, 3.63) is 89.5 Å². The number of benzene rings is 3. The molecule has 0 aliphatic heterocycles. The Morgan fingerprint density at radius 1 is 0.696 bits per heavy atom. The van der Waals surface area contributed by atoms with Gasteiger partial charge in [-0.3, -0.25) is 4.98 Å². The van der Waals surface area contributed by atoms with Crippen LogP contribution >= 0.6 is 15.9 Å². The molecule has 0 atom stereocenters. The molecule has 0 amide bonds. The van der Waals surface area contributed by atoms with E-state index >= 15 is 0 Å². The van der Waals surface area contributed by atoms with Crippen molar-refractivity contribution < 1.29 is 0 Å². The average Bonchev–Trinajstić information content (AvgIpc) is 2.62. The largest absolute Gasteiger partial charge is 0.256 e. The zero-order chi connectivity index (χ0) is 15.6. The predicted molar refractivity (Wildman–Crippen MR) is 100 cm³/mol. The number of nitrogens with zero attached hydrogens (tertiary/aromatic N) is 1. The third-order valence-electron chi connectivity index (χ3n) is 3.98. The Bertz CT molecular complexity index is 963. The van der Waals surface area contributed by atoms with Gasteiger partial charge < -0.3 is 0 Å². The molecule has 1 nitrogen and oxygen atoms in total. The van der Waals surface area contributed by atoms with E-state index in [1.54, 1.807) is 0 Å². The van der Waals surface area contributed by atoms with Crippen molar-refractivity contribution in [1.82, 2.24) is 4.98 Å². The molecular weight excluding hydrogens is 346 g/mol. The monoisotopic (exact) mass is 359 g/mol. The van der Waals surface area contributed by atoms with E-state index in [1.807, 2.05) is 18.3 Å². The van der Waals surface area contributed by atoms with Crippen molar-refractivity contribution in [2.75, 3.05) is 0 Å². The fourth-order valence-electron chi connectivity index (χ4n) is 2.92. The quantitative estimate of drug-likeness (QED) is 0.407. The standard InChI is InChI=1S/C21H14BrN/c22-17-11-12-18-20(13-17)23-14-19(15-7-3-1-4-8-15)21(18)16-9-5-2-6-10-16/h1-14H. The summed E-state index contributed by atoms with van der Waals surface area (Å²) in [5, 5.41) is 1.17. The van der Waals surface area contributed by atoms with Gasteiger partial charge in [0, 0.05) is 27.2 Å². The Balaban J connectivity index is 2.09. The highest BCUT2D eigenvalue weighted by Gasteiger charge is 2.12. The molecule has 0 saturated carbocycles. The van der Waals surface area contributed by atoms with Crippen molar-refractivity contribution >= 4 is 26.8 Å². The predicted octanol–water partition coefficient (Wildman–Crippen LogP) is 6.33. The molecule has 0 saturated heterocycles. The van der Waals surface area contributed by atoms with Crippen LogP contribution in [0.4, 0.5) is 0 Å². The van der Waals surface area contributed by atoms with Crippen molar-refractivity contribution in [1.29, 1.82) is 0 Å².